The van der Waals surface area contributed by atoms with Crippen LogP contribution in [0.1, 0.15) is 53.4 Å². The van der Waals surface area contributed by atoms with Gasteiger partial charge in [-0.15, -0.1) is 0 Å². The molecule has 0 aliphatic rings. The molecule has 0 rings (SSSR count). The molecule has 20 nitrogen and oxygen atoms in total. The van der Waals surface area contributed by atoms with E-state index in [1.807, 2.05) is 0 Å². The van der Waals surface area contributed by atoms with Gasteiger partial charge in [0.05, 0.1) is 23.9 Å². The van der Waals surface area contributed by atoms with Gasteiger partial charge in [0.25, 0.3) is 10.1 Å². The fourth-order valence-corrected chi connectivity index (χ4v) is 9.91. The minimum absolute atomic E-state index is 0.0558. The molecule has 0 aliphatic heterocycles. The molecule has 0 aromatic heterocycles. The second-order valence-electron chi connectivity index (χ2n) is 10.5. The van der Waals surface area contributed by atoms with Crippen molar-refractivity contribution in [1.82, 2.24) is 0 Å². The van der Waals surface area contributed by atoms with Gasteiger partial charge in [-0.1, -0.05) is 27.7 Å². The third-order valence-electron chi connectivity index (χ3n) is 5.07. The van der Waals surface area contributed by atoms with Gasteiger partial charge < -0.3 is 56.8 Å². The first-order valence-corrected chi connectivity index (χ1v) is 23.7. The Morgan fingerprint density at radius 2 is 1.38 bits per heavy atom. The summed E-state index contributed by atoms with van der Waals surface area (Å²) in [6.07, 6.45) is -1.43. The largest absolute Gasteiger partial charge is 0.810 e. The number of hydrogen-bond donors (Lipinski definition) is 1. The standard InChI is InChI=1S/C12H26O10P2S.C8H16O7P2.C2H4O3S/c1-5-10(25(18,19)20)9-12(2,3)11(13)21-7-6-8-24(16,17)22-23(4,14)15;1-7(2)8(9)15-4-3-5-16(10,11)6-17(12,13)14;1-2-6(3,4)5/h10H,5-9H2,1-4H3,(H,14,15)(H,16,17)(H,18,19,20);1,3-6H2,2H3,(H,10,11)(H2,12,13,14);2H,1H2,(H,3,4,5)/p-6. The smallest absolute Gasteiger partial charge is 0.333 e. The van der Waals surface area contributed by atoms with Crippen LogP contribution in [0, 0.1) is 5.41 Å². The summed E-state index contributed by atoms with van der Waals surface area (Å²) in [6.45, 7) is 12.1. The van der Waals surface area contributed by atoms with E-state index in [9.17, 15) is 73.7 Å². The van der Waals surface area contributed by atoms with Crippen LogP contribution in [0.15, 0.2) is 24.1 Å². The van der Waals surface area contributed by atoms with Gasteiger partial charge in [0.15, 0.2) is 0 Å². The van der Waals surface area contributed by atoms with E-state index in [0.717, 1.165) is 0 Å². The summed E-state index contributed by atoms with van der Waals surface area (Å²) in [4.78, 5) is 76.8. The molecule has 4 atom stereocenters. The number of esters is 2. The van der Waals surface area contributed by atoms with E-state index in [2.05, 4.69) is 22.2 Å². The maximum absolute atomic E-state index is 12.0. The normalized spacial score (nSPS) is 16.5. The van der Waals surface area contributed by atoms with Crippen LogP contribution >= 0.6 is 30.2 Å². The predicted octanol–water partition coefficient (Wildman–Crippen LogP) is -0.564. The molecule has 0 aromatic rings. The highest BCUT2D eigenvalue weighted by Gasteiger charge is 2.36. The van der Waals surface area contributed by atoms with E-state index in [0.29, 0.717) is 12.1 Å². The minimum atomic E-state index is -5.07. The van der Waals surface area contributed by atoms with Crippen molar-refractivity contribution < 1.29 is 92.0 Å². The van der Waals surface area contributed by atoms with Crippen molar-refractivity contribution in [3.8, 4) is 0 Å². The summed E-state index contributed by atoms with van der Waals surface area (Å²) in [5.74, 6) is -2.79. The average Bonchev–Trinajstić information content (AvgIpc) is 2.84. The summed E-state index contributed by atoms with van der Waals surface area (Å²) in [6, 6.07) is 0. The number of rotatable bonds is 19. The maximum atomic E-state index is 12.0. The number of carbonyl (C=O) groups is 2. The van der Waals surface area contributed by atoms with Gasteiger partial charge in [0.2, 0.25) is 0 Å². The Morgan fingerprint density at radius 3 is 1.73 bits per heavy atom. The monoisotopic (exact) mass is 812 g/mol. The van der Waals surface area contributed by atoms with E-state index in [1.54, 1.807) is 6.92 Å². The van der Waals surface area contributed by atoms with Gasteiger partial charge in [-0.3, -0.25) is 13.7 Å². The van der Waals surface area contributed by atoms with E-state index < -0.39 is 91.2 Å². The lowest BCUT2D eigenvalue weighted by atomic mass is 9.87. The van der Waals surface area contributed by atoms with Gasteiger partial charge in [0.1, 0.15) is 25.3 Å². The second-order valence-corrected chi connectivity index (χ2v) is 21.8. The van der Waals surface area contributed by atoms with Gasteiger partial charge in [-0.25, -0.2) is 13.2 Å². The van der Waals surface area contributed by atoms with Crippen LogP contribution in [0.4, 0.5) is 0 Å². The number of hydrogen-bond acceptors (Lipinski definition) is 19. The first-order valence-electron chi connectivity index (χ1n) is 13.2. The van der Waals surface area contributed by atoms with E-state index in [4.69, 9.17) is 9.29 Å². The minimum Gasteiger partial charge on any atom is -0.810 e. The van der Waals surface area contributed by atoms with Crippen LogP contribution in [-0.2, 0) is 61.9 Å². The maximum Gasteiger partial charge on any atom is 0.333 e. The lowest BCUT2D eigenvalue weighted by Crippen LogP contribution is -2.34. The Hall–Kier alpha value is -1.08. The van der Waals surface area contributed by atoms with Crippen molar-refractivity contribution >= 4 is 62.3 Å². The van der Waals surface area contributed by atoms with Gasteiger partial charge in [-0.05, 0) is 52.6 Å². The molecular formula is C22H40O20P4S2-6. The topological polar surface area (TPSA) is 357 Å². The highest BCUT2D eigenvalue weighted by Crippen LogP contribution is 2.52. The Morgan fingerprint density at radius 1 is 0.938 bits per heavy atom. The lowest BCUT2D eigenvalue weighted by Gasteiger charge is -2.36. The van der Waals surface area contributed by atoms with Crippen molar-refractivity contribution in [3.63, 3.8) is 0 Å². The van der Waals surface area contributed by atoms with E-state index in [1.165, 1.54) is 20.8 Å². The molecule has 0 radical (unpaired) electrons. The molecule has 26 heteroatoms. The summed E-state index contributed by atoms with van der Waals surface area (Å²) in [5, 5.41) is -0.770. The molecule has 0 aliphatic carbocycles. The quantitative estimate of drug-likeness (QED) is 0.0561. The van der Waals surface area contributed by atoms with Crippen molar-refractivity contribution in [2.75, 3.05) is 38.1 Å². The molecular weight excluding hydrogens is 772 g/mol. The Labute approximate surface area is 280 Å². The molecule has 0 heterocycles. The molecule has 0 saturated heterocycles. The summed E-state index contributed by atoms with van der Waals surface area (Å²) < 4.78 is 117. The third kappa shape index (κ3) is 30.9. The van der Waals surface area contributed by atoms with Crippen molar-refractivity contribution in [2.24, 2.45) is 5.41 Å². The number of ether oxygens (including phenoxy) is 2. The second kappa shape index (κ2) is 21.3. The van der Waals surface area contributed by atoms with Crippen LogP contribution < -0.4 is 24.5 Å². The van der Waals surface area contributed by atoms with Crippen molar-refractivity contribution in [2.45, 2.75) is 58.6 Å². The first-order chi connectivity index (χ1) is 21.1. The summed E-state index contributed by atoms with van der Waals surface area (Å²) >= 11 is 0. The summed E-state index contributed by atoms with van der Waals surface area (Å²) in [5.41, 5.74) is -1.04. The Balaban J connectivity index is -0.000000755. The van der Waals surface area contributed by atoms with Crippen LogP contribution in [0.5, 0.6) is 0 Å². The molecule has 48 heavy (non-hydrogen) atoms. The molecule has 0 fully saturated rings. The van der Waals surface area contributed by atoms with Crippen molar-refractivity contribution in [3.05, 3.63) is 24.1 Å². The predicted molar refractivity (Wildman–Crippen MR) is 162 cm³/mol. The van der Waals surface area contributed by atoms with Gasteiger partial charge >= 0.3 is 11.9 Å². The van der Waals surface area contributed by atoms with Crippen LogP contribution in [0.3, 0.4) is 0 Å². The van der Waals surface area contributed by atoms with E-state index >= 15 is 0 Å². The lowest BCUT2D eigenvalue weighted by molar-refractivity contribution is -0.312. The Kier molecular flexibility index (Phi) is 22.8. The molecule has 0 amide bonds. The van der Waals surface area contributed by atoms with Crippen molar-refractivity contribution in [1.29, 1.82) is 0 Å². The fourth-order valence-electron chi connectivity index (χ4n) is 2.93. The molecule has 0 saturated carbocycles. The zero-order valence-corrected chi connectivity index (χ0v) is 32.0. The van der Waals surface area contributed by atoms with Gasteiger partial charge in [-0.2, -0.15) is 8.42 Å². The highest BCUT2D eigenvalue weighted by molar-refractivity contribution is 7.88. The van der Waals surface area contributed by atoms with E-state index in [-0.39, 0.29) is 44.5 Å². The zero-order chi connectivity index (χ0) is 39.0. The zero-order valence-electron chi connectivity index (χ0n) is 26.7. The number of carbonyl (C=O) groups excluding carboxylic acids is 2. The molecule has 4 unspecified atom stereocenters. The fraction of sp³-hybridized carbons (Fsp3) is 0.727. The Bertz CT molecular complexity index is 1480. The molecule has 0 bridgehead atoms. The van der Waals surface area contributed by atoms with Crippen LogP contribution in [0.25, 0.3) is 0 Å². The van der Waals surface area contributed by atoms with Gasteiger partial charge in [0, 0.05) is 37.1 Å². The highest BCUT2D eigenvalue weighted by atomic mass is 32.2. The molecule has 1 N–H and O–H groups in total. The van der Waals surface area contributed by atoms with Crippen LogP contribution in [0.2, 0.25) is 0 Å². The summed E-state index contributed by atoms with van der Waals surface area (Å²) in [7, 11) is -26.8. The first kappa shape index (κ1) is 51.3. The SMILES string of the molecule is C=C(C)C(=O)OCCCP(=O)([O-])CP(=O)([O-])[O-].C=CS(=O)(=O)[O-].CCC(CC(C)(C)C(=O)OCCCP(=O)([O-])OP(C)(=O)[O-])S(=O)(=O)O. The third-order valence-corrected chi connectivity index (χ3v) is 14.0. The average molecular weight is 813 g/mol. The van der Waals surface area contributed by atoms with Crippen LogP contribution in [-0.4, -0.2) is 81.2 Å². The molecule has 286 valence electrons. The molecule has 0 aromatic carbocycles. The molecule has 0 spiro atoms.